The highest BCUT2D eigenvalue weighted by Crippen LogP contribution is 2.31. The molecule has 0 saturated carbocycles. The first-order valence-corrected chi connectivity index (χ1v) is 7.00. The fourth-order valence-electron chi connectivity index (χ4n) is 2.65. The van der Waals surface area contributed by atoms with E-state index in [1.165, 1.54) is 24.0 Å². The number of hydrazine groups is 1. The number of nitrogens with one attached hydrogen (secondary N) is 1. The second-order valence-corrected chi connectivity index (χ2v) is 5.05. The summed E-state index contributed by atoms with van der Waals surface area (Å²) in [6.45, 7) is 3.03. The van der Waals surface area contributed by atoms with Crippen molar-refractivity contribution >= 4 is 0 Å². The van der Waals surface area contributed by atoms with Crippen LogP contribution in [-0.4, -0.2) is 12.6 Å². The normalized spacial score (nSPS) is 20.4. The molecule has 1 aliphatic rings. The molecular formula is C15H24N2O. The van der Waals surface area contributed by atoms with Gasteiger partial charge in [0, 0.05) is 6.04 Å². The van der Waals surface area contributed by atoms with Crippen molar-refractivity contribution in [3.63, 3.8) is 0 Å². The molecule has 1 aliphatic heterocycles. The molecule has 3 N–H and O–H groups in total. The lowest BCUT2D eigenvalue weighted by atomic mass is 9.92. The molecule has 0 radical (unpaired) electrons. The summed E-state index contributed by atoms with van der Waals surface area (Å²) in [7, 11) is 0. The molecule has 3 nitrogen and oxygen atoms in total. The molecule has 0 saturated heterocycles. The third-order valence-electron chi connectivity index (χ3n) is 3.73. The van der Waals surface area contributed by atoms with Gasteiger partial charge in [0.15, 0.2) is 0 Å². The highest BCUT2D eigenvalue weighted by molar-refractivity contribution is 5.30. The topological polar surface area (TPSA) is 47.3 Å². The predicted octanol–water partition coefficient (Wildman–Crippen LogP) is 2.71. The zero-order valence-corrected chi connectivity index (χ0v) is 11.2. The minimum absolute atomic E-state index is 0.202. The van der Waals surface area contributed by atoms with Gasteiger partial charge in [-0.25, -0.2) is 0 Å². The maximum absolute atomic E-state index is 5.92. The van der Waals surface area contributed by atoms with Gasteiger partial charge in [-0.15, -0.1) is 0 Å². The van der Waals surface area contributed by atoms with E-state index in [1.807, 2.05) is 0 Å². The molecule has 100 valence electrons. The Morgan fingerprint density at radius 2 is 2.28 bits per heavy atom. The summed E-state index contributed by atoms with van der Waals surface area (Å²) >= 11 is 0. The zero-order chi connectivity index (χ0) is 12.8. The van der Waals surface area contributed by atoms with Crippen molar-refractivity contribution in [3.05, 3.63) is 35.4 Å². The van der Waals surface area contributed by atoms with Crippen molar-refractivity contribution in [1.82, 2.24) is 5.43 Å². The van der Waals surface area contributed by atoms with Crippen molar-refractivity contribution in [2.75, 3.05) is 6.61 Å². The molecule has 1 heterocycles. The molecule has 0 amide bonds. The van der Waals surface area contributed by atoms with Crippen LogP contribution in [0.3, 0.4) is 0 Å². The van der Waals surface area contributed by atoms with E-state index in [1.54, 1.807) is 0 Å². The van der Waals surface area contributed by atoms with Crippen LogP contribution < -0.4 is 11.3 Å². The molecule has 3 heteroatoms. The van der Waals surface area contributed by atoms with Crippen molar-refractivity contribution in [3.8, 4) is 0 Å². The molecule has 0 spiro atoms. The average Bonchev–Trinajstić information content (AvgIpc) is 2.43. The second kappa shape index (κ2) is 6.88. The Morgan fingerprint density at radius 1 is 1.44 bits per heavy atom. The maximum atomic E-state index is 5.92. The van der Waals surface area contributed by atoms with Crippen molar-refractivity contribution in [1.29, 1.82) is 0 Å². The summed E-state index contributed by atoms with van der Waals surface area (Å²) < 4.78 is 5.92. The number of hydrogen-bond donors (Lipinski definition) is 2. The summed E-state index contributed by atoms with van der Waals surface area (Å²) in [5.41, 5.74) is 5.71. The van der Waals surface area contributed by atoms with Crippen LogP contribution in [-0.2, 0) is 11.2 Å². The highest BCUT2D eigenvalue weighted by atomic mass is 16.5. The van der Waals surface area contributed by atoms with Gasteiger partial charge in [0.05, 0.1) is 12.7 Å². The summed E-state index contributed by atoms with van der Waals surface area (Å²) in [6, 6.07) is 8.95. The van der Waals surface area contributed by atoms with Crippen LogP contribution in [0.25, 0.3) is 0 Å². The van der Waals surface area contributed by atoms with Crippen LogP contribution in [0, 0.1) is 0 Å². The van der Waals surface area contributed by atoms with Crippen LogP contribution in [0.2, 0.25) is 0 Å². The summed E-state index contributed by atoms with van der Waals surface area (Å²) in [4.78, 5) is 0. The number of ether oxygens (including phenoxy) is 1. The highest BCUT2D eigenvalue weighted by Gasteiger charge is 2.23. The molecule has 1 aromatic carbocycles. The number of nitrogens with two attached hydrogens (primary N) is 1. The lowest BCUT2D eigenvalue weighted by Gasteiger charge is -2.29. The van der Waals surface area contributed by atoms with E-state index in [-0.39, 0.29) is 6.10 Å². The van der Waals surface area contributed by atoms with Crippen molar-refractivity contribution < 1.29 is 4.74 Å². The third kappa shape index (κ3) is 3.31. The van der Waals surface area contributed by atoms with Gasteiger partial charge in [-0.3, -0.25) is 11.3 Å². The van der Waals surface area contributed by atoms with E-state index in [2.05, 4.69) is 36.6 Å². The van der Waals surface area contributed by atoms with Crippen LogP contribution in [0.15, 0.2) is 24.3 Å². The molecular weight excluding hydrogens is 224 g/mol. The fourth-order valence-corrected chi connectivity index (χ4v) is 2.65. The van der Waals surface area contributed by atoms with Crippen LogP contribution >= 0.6 is 0 Å². The summed E-state index contributed by atoms with van der Waals surface area (Å²) in [5.74, 6) is 5.65. The Kier molecular flexibility index (Phi) is 5.17. The molecule has 2 rings (SSSR count). The van der Waals surface area contributed by atoms with Gasteiger partial charge in [-0.2, -0.15) is 0 Å². The Morgan fingerprint density at radius 3 is 3.06 bits per heavy atom. The standard InChI is InChI=1S/C15H24N2O/c1-2-3-7-13(17-16)11-15-14-8-5-4-6-12(14)9-10-18-15/h4-6,8,13,15,17H,2-3,7,9-11,16H2,1H3. The Balaban J connectivity index is 2.01. The third-order valence-corrected chi connectivity index (χ3v) is 3.73. The van der Waals surface area contributed by atoms with E-state index in [9.17, 15) is 0 Å². The molecule has 2 atom stereocenters. The first-order chi connectivity index (χ1) is 8.85. The quantitative estimate of drug-likeness (QED) is 0.601. The SMILES string of the molecule is CCCCC(CC1OCCc2ccccc21)NN. The number of fused-ring (bicyclic) bond motifs is 1. The van der Waals surface area contributed by atoms with Crippen LogP contribution in [0.1, 0.15) is 49.8 Å². The van der Waals surface area contributed by atoms with E-state index in [0.717, 1.165) is 25.9 Å². The minimum atomic E-state index is 0.202. The molecule has 2 unspecified atom stereocenters. The number of unbranched alkanes of at least 4 members (excludes halogenated alkanes) is 1. The summed E-state index contributed by atoms with van der Waals surface area (Å²) in [6.07, 6.45) is 5.74. The molecule has 18 heavy (non-hydrogen) atoms. The minimum Gasteiger partial charge on any atom is -0.373 e. The Hall–Kier alpha value is -0.900. The van der Waals surface area contributed by atoms with Crippen molar-refractivity contribution in [2.45, 2.75) is 51.2 Å². The monoisotopic (exact) mass is 248 g/mol. The second-order valence-electron chi connectivity index (χ2n) is 5.05. The number of benzene rings is 1. The van der Waals surface area contributed by atoms with Crippen LogP contribution in [0.4, 0.5) is 0 Å². The lowest BCUT2D eigenvalue weighted by Crippen LogP contribution is -2.37. The summed E-state index contributed by atoms with van der Waals surface area (Å²) in [5, 5.41) is 0. The van der Waals surface area contributed by atoms with E-state index in [4.69, 9.17) is 10.6 Å². The van der Waals surface area contributed by atoms with Gasteiger partial charge in [-0.05, 0) is 30.4 Å². The molecule has 0 bridgehead atoms. The van der Waals surface area contributed by atoms with E-state index in [0.29, 0.717) is 6.04 Å². The van der Waals surface area contributed by atoms with Gasteiger partial charge in [0.1, 0.15) is 0 Å². The van der Waals surface area contributed by atoms with Crippen LogP contribution in [0.5, 0.6) is 0 Å². The molecule has 1 aromatic rings. The zero-order valence-electron chi connectivity index (χ0n) is 11.2. The lowest BCUT2D eigenvalue weighted by molar-refractivity contribution is 0.0286. The average molecular weight is 248 g/mol. The Bertz CT molecular complexity index is 367. The number of rotatable bonds is 6. The molecule has 0 aromatic heterocycles. The van der Waals surface area contributed by atoms with E-state index < -0.39 is 0 Å². The maximum Gasteiger partial charge on any atom is 0.0843 e. The fraction of sp³-hybridized carbons (Fsp3) is 0.600. The predicted molar refractivity (Wildman–Crippen MR) is 74.1 cm³/mol. The van der Waals surface area contributed by atoms with Gasteiger partial charge in [0.25, 0.3) is 0 Å². The van der Waals surface area contributed by atoms with E-state index >= 15 is 0 Å². The number of hydrogen-bond acceptors (Lipinski definition) is 3. The smallest absolute Gasteiger partial charge is 0.0843 e. The van der Waals surface area contributed by atoms with Gasteiger partial charge >= 0.3 is 0 Å². The Labute approximate surface area is 110 Å². The first kappa shape index (κ1) is 13.5. The van der Waals surface area contributed by atoms with Gasteiger partial charge in [0.2, 0.25) is 0 Å². The first-order valence-electron chi connectivity index (χ1n) is 7.00. The largest absolute Gasteiger partial charge is 0.373 e. The van der Waals surface area contributed by atoms with Crippen molar-refractivity contribution in [2.24, 2.45) is 5.84 Å². The molecule has 0 fully saturated rings. The molecule has 0 aliphatic carbocycles. The van der Waals surface area contributed by atoms with Gasteiger partial charge in [-0.1, -0.05) is 44.0 Å². The van der Waals surface area contributed by atoms with Gasteiger partial charge < -0.3 is 4.74 Å².